The monoisotopic (exact) mass is 497 g/mol. The van der Waals surface area contributed by atoms with Gasteiger partial charge in [-0.2, -0.15) is 0 Å². The molecule has 1 aliphatic rings. The fraction of sp³-hybridized carbons (Fsp3) is 0.269. The van der Waals surface area contributed by atoms with Crippen molar-refractivity contribution in [1.82, 2.24) is 4.90 Å². The summed E-state index contributed by atoms with van der Waals surface area (Å²) in [7, 11) is -2.63. The predicted molar refractivity (Wildman–Crippen MR) is 134 cm³/mol. The fourth-order valence-electron chi connectivity index (χ4n) is 3.85. The molecule has 1 heterocycles. The molecule has 0 unspecified atom stereocenters. The molecule has 2 N–H and O–H groups in total. The third kappa shape index (κ3) is 5.40. The lowest BCUT2D eigenvalue weighted by Crippen LogP contribution is -2.30. The Labute approximate surface area is 205 Å². The summed E-state index contributed by atoms with van der Waals surface area (Å²) in [6.45, 7) is 7.00. The number of rotatable bonds is 5. The first-order valence-corrected chi connectivity index (χ1v) is 12.6. The SMILES string of the molecule is COc1ccc(NS(=O)(=O)c2ccc3c(c2)CN(C(=O)Nc2ccc(C(C)(C)C)cc2)C3)c(F)c1. The first-order valence-electron chi connectivity index (χ1n) is 11.1. The number of nitrogens with one attached hydrogen (secondary N) is 2. The minimum atomic E-state index is -4.03. The van der Waals surface area contributed by atoms with Gasteiger partial charge in [0, 0.05) is 24.8 Å². The third-order valence-corrected chi connectivity index (χ3v) is 7.28. The number of nitrogens with zero attached hydrogens (tertiary/aromatic N) is 1. The molecule has 35 heavy (non-hydrogen) atoms. The number of sulfonamides is 1. The lowest BCUT2D eigenvalue weighted by atomic mass is 9.87. The van der Waals surface area contributed by atoms with E-state index < -0.39 is 15.8 Å². The molecule has 4 rings (SSSR count). The lowest BCUT2D eigenvalue weighted by molar-refractivity contribution is 0.212. The number of carbonyl (C=O) groups excluding carboxylic acids is 1. The molecule has 0 bridgehead atoms. The summed E-state index contributed by atoms with van der Waals surface area (Å²) in [5, 5.41) is 2.89. The summed E-state index contributed by atoms with van der Waals surface area (Å²) in [6.07, 6.45) is 0. The summed E-state index contributed by atoms with van der Waals surface area (Å²) in [5.41, 5.74) is 3.28. The zero-order valence-corrected chi connectivity index (χ0v) is 20.9. The average Bonchev–Trinajstić information content (AvgIpc) is 3.24. The van der Waals surface area contributed by atoms with E-state index in [0.717, 1.165) is 17.2 Å². The Morgan fingerprint density at radius 1 is 0.971 bits per heavy atom. The summed E-state index contributed by atoms with van der Waals surface area (Å²) in [5.74, 6) is -0.459. The first kappa shape index (κ1) is 24.5. The van der Waals surface area contributed by atoms with Crippen molar-refractivity contribution in [3.8, 4) is 5.75 Å². The molecule has 0 aliphatic carbocycles. The summed E-state index contributed by atoms with van der Waals surface area (Å²) < 4.78 is 47.2. The van der Waals surface area contributed by atoms with Crippen molar-refractivity contribution in [1.29, 1.82) is 0 Å². The van der Waals surface area contributed by atoms with Crippen LogP contribution < -0.4 is 14.8 Å². The van der Waals surface area contributed by atoms with Crippen molar-refractivity contribution in [3.63, 3.8) is 0 Å². The number of ether oxygens (including phenoxy) is 1. The molecule has 0 spiro atoms. The first-order chi connectivity index (χ1) is 16.5. The largest absolute Gasteiger partial charge is 0.497 e. The van der Waals surface area contributed by atoms with Gasteiger partial charge in [-0.05, 0) is 58.5 Å². The van der Waals surface area contributed by atoms with Crippen LogP contribution in [0.1, 0.15) is 37.5 Å². The van der Waals surface area contributed by atoms with Crippen LogP contribution in [0.2, 0.25) is 0 Å². The van der Waals surface area contributed by atoms with Crippen LogP contribution in [0.25, 0.3) is 0 Å². The van der Waals surface area contributed by atoms with Gasteiger partial charge in [0.15, 0.2) is 5.82 Å². The number of halogens is 1. The van der Waals surface area contributed by atoms with Crippen molar-refractivity contribution in [3.05, 3.63) is 83.2 Å². The van der Waals surface area contributed by atoms with E-state index in [1.807, 2.05) is 24.3 Å². The van der Waals surface area contributed by atoms with Gasteiger partial charge in [-0.25, -0.2) is 17.6 Å². The van der Waals surface area contributed by atoms with Crippen LogP contribution >= 0.6 is 0 Å². The van der Waals surface area contributed by atoms with Crippen LogP contribution in [0, 0.1) is 5.82 Å². The Morgan fingerprint density at radius 3 is 2.29 bits per heavy atom. The smallest absolute Gasteiger partial charge is 0.322 e. The highest BCUT2D eigenvalue weighted by Crippen LogP contribution is 2.29. The van der Waals surface area contributed by atoms with Gasteiger partial charge in [0.1, 0.15) is 5.75 Å². The molecule has 0 saturated heterocycles. The minimum absolute atomic E-state index is 0.00787. The number of fused-ring (bicyclic) bond motifs is 1. The molecular weight excluding hydrogens is 469 g/mol. The van der Waals surface area contributed by atoms with E-state index in [4.69, 9.17) is 4.74 Å². The van der Waals surface area contributed by atoms with Crippen molar-refractivity contribution < 1.29 is 22.3 Å². The quantitative estimate of drug-likeness (QED) is 0.489. The van der Waals surface area contributed by atoms with Gasteiger partial charge in [-0.15, -0.1) is 0 Å². The summed E-state index contributed by atoms with van der Waals surface area (Å²) in [4.78, 5) is 14.4. The van der Waals surface area contributed by atoms with Crippen molar-refractivity contribution in [2.24, 2.45) is 0 Å². The second-order valence-electron chi connectivity index (χ2n) is 9.50. The van der Waals surface area contributed by atoms with E-state index in [1.54, 1.807) is 11.0 Å². The number of anilines is 2. The fourth-order valence-corrected chi connectivity index (χ4v) is 4.96. The molecule has 1 aliphatic heterocycles. The Balaban J connectivity index is 1.45. The van der Waals surface area contributed by atoms with E-state index in [9.17, 15) is 17.6 Å². The van der Waals surface area contributed by atoms with Crippen molar-refractivity contribution >= 4 is 27.4 Å². The highest BCUT2D eigenvalue weighted by atomic mass is 32.2. The molecule has 3 aromatic rings. The zero-order chi connectivity index (χ0) is 25.4. The van der Waals surface area contributed by atoms with Crippen LogP contribution in [0.4, 0.5) is 20.6 Å². The van der Waals surface area contributed by atoms with Crippen LogP contribution in [0.5, 0.6) is 5.75 Å². The van der Waals surface area contributed by atoms with E-state index in [-0.39, 0.29) is 34.3 Å². The van der Waals surface area contributed by atoms with E-state index >= 15 is 0 Å². The number of methoxy groups -OCH3 is 1. The van der Waals surface area contributed by atoms with E-state index in [1.165, 1.54) is 36.9 Å². The van der Waals surface area contributed by atoms with Crippen LogP contribution in [0.15, 0.2) is 65.6 Å². The number of benzene rings is 3. The Kier molecular flexibility index (Phi) is 6.46. The van der Waals surface area contributed by atoms with E-state index in [2.05, 4.69) is 30.8 Å². The third-order valence-electron chi connectivity index (χ3n) is 5.92. The molecule has 0 atom stereocenters. The average molecular weight is 498 g/mol. The standard InChI is InChI=1S/C26H28FN3O4S/c1-26(2,3)19-6-8-20(9-7-19)28-25(31)30-15-17-5-11-22(13-18(17)16-30)35(32,33)29-24-12-10-21(34-4)14-23(24)27/h5-14,29H,15-16H2,1-4H3,(H,28,31). The Hall–Kier alpha value is -3.59. The molecule has 0 radical (unpaired) electrons. The highest BCUT2D eigenvalue weighted by Gasteiger charge is 2.26. The molecule has 2 amide bonds. The van der Waals surface area contributed by atoms with Crippen molar-refractivity contribution in [2.75, 3.05) is 17.1 Å². The van der Waals surface area contributed by atoms with Gasteiger partial charge < -0.3 is 15.0 Å². The summed E-state index contributed by atoms with van der Waals surface area (Å²) >= 11 is 0. The normalized spacial score (nSPS) is 13.3. The Bertz CT molecular complexity index is 1370. The van der Waals surface area contributed by atoms with Gasteiger partial charge in [0.2, 0.25) is 0 Å². The molecule has 7 nitrogen and oxygen atoms in total. The van der Waals surface area contributed by atoms with Crippen LogP contribution in [-0.4, -0.2) is 26.5 Å². The number of hydrogen-bond acceptors (Lipinski definition) is 4. The molecule has 184 valence electrons. The van der Waals surface area contributed by atoms with Gasteiger partial charge in [-0.3, -0.25) is 4.72 Å². The summed E-state index contributed by atoms with van der Waals surface area (Å²) in [6, 6.07) is 16.0. The van der Waals surface area contributed by atoms with Gasteiger partial charge in [0.05, 0.1) is 17.7 Å². The molecular formula is C26H28FN3O4S. The number of urea groups is 1. The zero-order valence-electron chi connectivity index (χ0n) is 20.1. The molecule has 3 aromatic carbocycles. The van der Waals surface area contributed by atoms with Gasteiger partial charge >= 0.3 is 6.03 Å². The van der Waals surface area contributed by atoms with Gasteiger partial charge in [0.25, 0.3) is 10.0 Å². The maximum absolute atomic E-state index is 14.2. The molecule has 0 fully saturated rings. The minimum Gasteiger partial charge on any atom is -0.497 e. The molecule has 9 heteroatoms. The highest BCUT2D eigenvalue weighted by molar-refractivity contribution is 7.92. The maximum Gasteiger partial charge on any atom is 0.322 e. The number of amides is 2. The topological polar surface area (TPSA) is 87.7 Å². The van der Waals surface area contributed by atoms with E-state index in [0.29, 0.717) is 12.2 Å². The van der Waals surface area contributed by atoms with Crippen LogP contribution in [-0.2, 0) is 28.5 Å². The predicted octanol–water partition coefficient (Wildman–Crippen LogP) is 5.48. The maximum atomic E-state index is 14.2. The molecule has 0 saturated carbocycles. The second-order valence-corrected chi connectivity index (χ2v) is 11.2. The molecule has 0 aromatic heterocycles. The Morgan fingerprint density at radius 2 is 1.66 bits per heavy atom. The number of carbonyl (C=O) groups is 1. The van der Waals surface area contributed by atoms with Gasteiger partial charge in [-0.1, -0.05) is 39.0 Å². The number of hydrogen-bond donors (Lipinski definition) is 2. The lowest BCUT2D eigenvalue weighted by Gasteiger charge is -2.20. The van der Waals surface area contributed by atoms with Crippen LogP contribution in [0.3, 0.4) is 0 Å². The van der Waals surface area contributed by atoms with Crippen molar-refractivity contribution in [2.45, 2.75) is 44.2 Å². The second kappa shape index (κ2) is 9.22.